The number of aromatic nitrogens is 1. The fourth-order valence-corrected chi connectivity index (χ4v) is 2.78. The molecular formula is C16H27N5. The molecule has 1 aliphatic carbocycles. The predicted molar refractivity (Wildman–Crippen MR) is 87.3 cm³/mol. The first-order chi connectivity index (χ1) is 10.3. The number of nitrogens with one attached hydrogen (secondary N) is 2. The van der Waals surface area contributed by atoms with Crippen LogP contribution in [0.2, 0.25) is 0 Å². The molecule has 21 heavy (non-hydrogen) atoms. The summed E-state index contributed by atoms with van der Waals surface area (Å²) in [6.07, 6.45) is 7.28. The number of likely N-dealkylation sites (N-methyl/N-ethyl adjacent to an activating group) is 1. The van der Waals surface area contributed by atoms with Gasteiger partial charge >= 0.3 is 0 Å². The SMILES string of the molecule is CN=C(NCCN(C)C1CCCC1)NCc1ccccn1. The summed E-state index contributed by atoms with van der Waals surface area (Å²) in [7, 11) is 4.02. The van der Waals surface area contributed by atoms with E-state index in [4.69, 9.17) is 0 Å². The summed E-state index contributed by atoms with van der Waals surface area (Å²) in [5.41, 5.74) is 1.02. The molecule has 2 N–H and O–H groups in total. The molecule has 0 saturated heterocycles. The lowest BCUT2D eigenvalue weighted by Crippen LogP contribution is -2.42. The van der Waals surface area contributed by atoms with E-state index in [0.717, 1.165) is 30.8 Å². The van der Waals surface area contributed by atoms with Crippen LogP contribution in [-0.4, -0.2) is 49.1 Å². The van der Waals surface area contributed by atoms with Crippen molar-refractivity contribution < 1.29 is 0 Å². The Labute approximate surface area is 127 Å². The predicted octanol–water partition coefficient (Wildman–Crippen LogP) is 1.62. The molecule has 0 aromatic carbocycles. The highest BCUT2D eigenvalue weighted by atomic mass is 15.2. The van der Waals surface area contributed by atoms with Gasteiger partial charge in [-0.1, -0.05) is 18.9 Å². The summed E-state index contributed by atoms with van der Waals surface area (Å²) in [6, 6.07) is 6.70. The molecule has 1 saturated carbocycles. The van der Waals surface area contributed by atoms with E-state index in [9.17, 15) is 0 Å². The van der Waals surface area contributed by atoms with E-state index in [1.807, 2.05) is 24.4 Å². The van der Waals surface area contributed by atoms with E-state index in [-0.39, 0.29) is 0 Å². The van der Waals surface area contributed by atoms with Crippen molar-refractivity contribution in [3.05, 3.63) is 30.1 Å². The summed E-state index contributed by atoms with van der Waals surface area (Å²) in [5, 5.41) is 6.65. The van der Waals surface area contributed by atoms with Crippen molar-refractivity contribution in [2.24, 2.45) is 4.99 Å². The largest absolute Gasteiger partial charge is 0.355 e. The Morgan fingerprint density at radius 3 is 2.81 bits per heavy atom. The monoisotopic (exact) mass is 289 g/mol. The third-order valence-corrected chi connectivity index (χ3v) is 4.09. The number of guanidine groups is 1. The molecular weight excluding hydrogens is 262 g/mol. The van der Waals surface area contributed by atoms with Crippen LogP contribution >= 0.6 is 0 Å². The molecule has 2 rings (SSSR count). The Balaban J connectivity index is 1.65. The fourth-order valence-electron chi connectivity index (χ4n) is 2.78. The van der Waals surface area contributed by atoms with Crippen LogP contribution in [0.1, 0.15) is 31.4 Å². The van der Waals surface area contributed by atoms with E-state index in [1.165, 1.54) is 25.7 Å². The summed E-state index contributed by atoms with van der Waals surface area (Å²) < 4.78 is 0. The molecule has 5 nitrogen and oxygen atoms in total. The Hall–Kier alpha value is -1.62. The topological polar surface area (TPSA) is 52.6 Å². The highest BCUT2D eigenvalue weighted by Gasteiger charge is 2.18. The zero-order valence-corrected chi connectivity index (χ0v) is 13.2. The van der Waals surface area contributed by atoms with Gasteiger partial charge in [-0.15, -0.1) is 0 Å². The summed E-state index contributed by atoms with van der Waals surface area (Å²) >= 11 is 0. The van der Waals surface area contributed by atoms with Gasteiger partial charge in [-0.3, -0.25) is 9.98 Å². The Kier molecular flexibility index (Phi) is 6.47. The van der Waals surface area contributed by atoms with E-state index >= 15 is 0 Å². The lowest BCUT2D eigenvalue weighted by atomic mass is 10.2. The van der Waals surface area contributed by atoms with Crippen LogP contribution in [-0.2, 0) is 6.54 Å². The maximum absolute atomic E-state index is 4.29. The normalized spacial score (nSPS) is 16.4. The highest BCUT2D eigenvalue weighted by Crippen LogP contribution is 2.21. The molecule has 0 unspecified atom stereocenters. The first-order valence-corrected chi connectivity index (χ1v) is 7.84. The zero-order valence-electron chi connectivity index (χ0n) is 13.2. The number of nitrogens with zero attached hydrogens (tertiary/aromatic N) is 3. The highest BCUT2D eigenvalue weighted by molar-refractivity contribution is 5.79. The minimum atomic E-state index is 0.693. The number of pyridine rings is 1. The van der Waals surface area contributed by atoms with Gasteiger partial charge in [0.05, 0.1) is 12.2 Å². The Bertz CT molecular complexity index is 426. The van der Waals surface area contributed by atoms with E-state index in [1.54, 1.807) is 7.05 Å². The van der Waals surface area contributed by atoms with Crippen molar-refractivity contribution in [3.8, 4) is 0 Å². The third-order valence-electron chi connectivity index (χ3n) is 4.09. The smallest absolute Gasteiger partial charge is 0.191 e. The first kappa shape index (κ1) is 15.8. The zero-order chi connectivity index (χ0) is 14.9. The minimum Gasteiger partial charge on any atom is -0.355 e. The molecule has 0 atom stereocenters. The summed E-state index contributed by atoms with van der Waals surface area (Å²) in [6.45, 7) is 2.66. The lowest BCUT2D eigenvalue weighted by molar-refractivity contribution is 0.249. The van der Waals surface area contributed by atoms with Crippen LogP contribution < -0.4 is 10.6 Å². The second kappa shape index (κ2) is 8.62. The van der Waals surface area contributed by atoms with Gasteiger partial charge in [0.25, 0.3) is 0 Å². The number of rotatable bonds is 6. The third kappa shape index (κ3) is 5.34. The maximum atomic E-state index is 4.29. The van der Waals surface area contributed by atoms with Gasteiger partial charge in [-0.25, -0.2) is 0 Å². The average Bonchev–Trinajstić information content (AvgIpc) is 3.06. The first-order valence-electron chi connectivity index (χ1n) is 7.84. The van der Waals surface area contributed by atoms with Crippen molar-refractivity contribution in [3.63, 3.8) is 0 Å². The van der Waals surface area contributed by atoms with Crippen LogP contribution in [0.25, 0.3) is 0 Å². The van der Waals surface area contributed by atoms with Crippen LogP contribution in [0, 0.1) is 0 Å². The molecule has 0 amide bonds. The molecule has 0 bridgehead atoms. The molecule has 0 radical (unpaired) electrons. The second-order valence-corrected chi connectivity index (χ2v) is 5.59. The molecule has 1 aromatic heterocycles. The average molecular weight is 289 g/mol. The van der Waals surface area contributed by atoms with Gasteiger partial charge in [0.15, 0.2) is 5.96 Å². The Morgan fingerprint density at radius 1 is 1.33 bits per heavy atom. The minimum absolute atomic E-state index is 0.693. The van der Waals surface area contributed by atoms with E-state index in [0.29, 0.717) is 6.54 Å². The summed E-state index contributed by atoms with van der Waals surface area (Å²) in [5.74, 6) is 0.834. The van der Waals surface area contributed by atoms with Crippen molar-refractivity contribution in [1.82, 2.24) is 20.5 Å². The molecule has 1 aromatic rings. The second-order valence-electron chi connectivity index (χ2n) is 5.59. The van der Waals surface area contributed by atoms with Gasteiger partial charge < -0.3 is 15.5 Å². The lowest BCUT2D eigenvalue weighted by Gasteiger charge is -2.24. The number of hydrogen-bond donors (Lipinski definition) is 2. The van der Waals surface area contributed by atoms with Crippen molar-refractivity contribution in [1.29, 1.82) is 0 Å². The van der Waals surface area contributed by atoms with Crippen molar-refractivity contribution in [2.75, 3.05) is 27.2 Å². The van der Waals surface area contributed by atoms with E-state index in [2.05, 4.69) is 32.6 Å². The number of aliphatic imine (C=N–C) groups is 1. The van der Waals surface area contributed by atoms with Gasteiger partial charge in [0.1, 0.15) is 0 Å². The van der Waals surface area contributed by atoms with E-state index < -0.39 is 0 Å². The van der Waals surface area contributed by atoms with Crippen LogP contribution in [0.4, 0.5) is 0 Å². The summed E-state index contributed by atoms with van der Waals surface area (Å²) in [4.78, 5) is 11.0. The van der Waals surface area contributed by atoms with Gasteiger partial charge in [0.2, 0.25) is 0 Å². The quantitative estimate of drug-likeness (QED) is 0.617. The fraction of sp³-hybridized carbons (Fsp3) is 0.625. The van der Waals surface area contributed by atoms with Gasteiger partial charge in [-0.05, 0) is 32.0 Å². The maximum Gasteiger partial charge on any atom is 0.191 e. The number of hydrogen-bond acceptors (Lipinski definition) is 3. The van der Waals surface area contributed by atoms with Gasteiger partial charge in [-0.2, -0.15) is 0 Å². The molecule has 1 fully saturated rings. The molecule has 116 valence electrons. The van der Waals surface area contributed by atoms with Crippen LogP contribution in [0.15, 0.2) is 29.4 Å². The molecule has 0 aliphatic heterocycles. The standard InChI is InChI=1S/C16H27N5/c1-17-16(20-13-14-7-5-6-10-18-14)19-11-12-21(2)15-8-3-4-9-15/h5-7,10,15H,3-4,8-9,11-13H2,1-2H3,(H2,17,19,20). The Morgan fingerprint density at radius 2 is 2.14 bits per heavy atom. The molecule has 1 heterocycles. The van der Waals surface area contributed by atoms with Crippen molar-refractivity contribution >= 4 is 5.96 Å². The molecule has 5 heteroatoms. The van der Waals surface area contributed by atoms with Crippen molar-refractivity contribution in [2.45, 2.75) is 38.3 Å². The van der Waals surface area contributed by atoms with Crippen LogP contribution in [0.3, 0.4) is 0 Å². The molecule has 0 spiro atoms. The van der Waals surface area contributed by atoms with Gasteiger partial charge in [0, 0.05) is 32.4 Å². The van der Waals surface area contributed by atoms with Crippen LogP contribution in [0.5, 0.6) is 0 Å². The molecule has 1 aliphatic rings.